The summed E-state index contributed by atoms with van der Waals surface area (Å²) in [5.41, 5.74) is 9.91. The number of nitrogens with zero attached hydrogens (tertiary/aromatic N) is 3. The van der Waals surface area contributed by atoms with Crippen LogP contribution in [0.1, 0.15) is 0 Å². The zero-order chi connectivity index (χ0) is 33.5. The van der Waals surface area contributed by atoms with Gasteiger partial charge in [0, 0.05) is 52.8 Å². The number of para-hydroxylation sites is 2. The molecule has 0 spiro atoms. The molecule has 0 saturated heterocycles. The monoisotopic (exact) mass is 669 g/mol. The van der Waals surface area contributed by atoms with Crippen LogP contribution >= 0.6 is 11.3 Å². The van der Waals surface area contributed by atoms with E-state index in [4.69, 9.17) is 14.4 Å². The van der Waals surface area contributed by atoms with Gasteiger partial charge in [0.2, 0.25) is 5.95 Å². The van der Waals surface area contributed by atoms with Crippen LogP contribution in [0.4, 0.5) is 0 Å². The summed E-state index contributed by atoms with van der Waals surface area (Å²) in [5.74, 6) is 0.629. The Morgan fingerprint density at radius 3 is 1.90 bits per heavy atom. The topological polar surface area (TPSA) is 43.9 Å². The molecule has 0 aliphatic carbocycles. The van der Waals surface area contributed by atoms with Crippen LogP contribution in [0.3, 0.4) is 0 Å². The van der Waals surface area contributed by atoms with E-state index < -0.39 is 0 Å². The lowest BCUT2D eigenvalue weighted by molar-refractivity contribution is 0.669. The minimum Gasteiger partial charge on any atom is -0.456 e. The van der Waals surface area contributed by atoms with Gasteiger partial charge in [-0.05, 0) is 59.7 Å². The molecule has 238 valence electrons. The van der Waals surface area contributed by atoms with Crippen LogP contribution in [0.5, 0.6) is 0 Å². The molecular weight excluding hydrogens is 643 g/mol. The standard InChI is InChI=1S/C46H27N3OS/c1-2-10-28(11-3-1)29-18-20-30(21-19-29)38-27-39(31-22-23-34-33-13-5-8-16-42(33)50-43(34)24-31)48-46(47-38)49-40-15-7-4-12-32(40)36-26-45-37(25-41(36)49)35-14-6-9-17-44(35)51-45/h1-27H. The molecule has 4 nitrogen and oxygen atoms in total. The number of hydrogen-bond donors (Lipinski definition) is 0. The Hall–Kier alpha value is -6.56. The SMILES string of the molecule is c1ccc(-c2ccc(-c3cc(-c4ccc5c(c4)oc4ccccc45)nc(-n4c5ccccc5c5cc6sc7ccccc7c6cc54)n3)cc2)cc1. The molecule has 0 bridgehead atoms. The van der Waals surface area contributed by atoms with Crippen LogP contribution in [0.2, 0.25) is 0 Å². The summed E-state index contributed by atoms with van der Waals surface area (Å²) in [5, 5.41) is 7.09. The minimum absolute atomic E-state index is 0.629. The number of rotatable bonds is 4. The van der Waals surface area contributed by atoms with Gasteiger partial charge in [0.15, 0.2) is 0 Å². The maximum Gasteiger partial charge on any atom is 0.235 e. The molecule has 4 heterocycles. The molecule has 0 amide bonds. The van der Waals surface area contributed by atoms with Crippen LogP contribution in [-0.2, 0) is 0 Å². The van der Waals surface area contributed by atoms with Crippen molar-refractivity contribution in [1.29, 1.82) is 0 Å². The summed E-state index contributed by atoms with van der Waals surface area (Å²) in [7, 11) is 0. The third-order valence-electron chi connectivity index (χ3n) is 10.0. The Kier molecular flexibility index (Phi) is 6.09. The largest absolute Gasteiger partial charge is 0.456 e. The van der Waals surface area contributed by atoms with Crippen molar-refractivity contribution in [2.75, 3.05) is 0 Å². The van der Waals surface area contributed by atoms with Gasteiger partial charge in [-0.15, -0.1) is 11.3 Å². The van der Waals surface area contributed by atoms with Crippen molar-refractivity contribution in [3.8, 4) is 39.6 Å². The zero-order valence-electron chi connectivity index (χ0n) is 27.2. The number of fused-ring (bicyclic) bond motifs is 9. The van der Waals surface area contributed by atoms with E-state index in [-0.39, 0.29) is 0 Å². The van der Waals surface area contributed by atoms with Gasteiger partial charge < -0.3 is 4.42 Å². The van der Waals surface area contributed by atoms with Crippen molar-refractivity contribution in [3.05, 3.63) is 164 Å². The van der Waals surface area contributed by atoms with Gasteiger partial charge in [-0.2, -0.15) is 0 Å². The number of thiophene rings is 1. The van der Waals surface area contributed by atoms with Crippen molar-refractivity contribution < 1.29 is 4.42 Å². The Morgan fingerprint density at radius 1 is 0.392 bits per heavy atom. The molecule has 11 rings (SSSR count). The van der Waals surface area contributed by atoms with Gasteiger partial charge in [0.05, 0.1) is 22.4 Å². The average molecular weight is 670 g/mol. The Bertz CT molecular complexity index is 3130. The van der Waals surface area contributed by atoms with E-state index in [1.165, 1.54) is 42.1 Å². The van der Waals surface area contributed by atoms with Crippen LogP contribution < -0.4 is 0 Å². The van der Waals surface area contributed by atoms with Gasteiger partial charge in [0.1, 0.15) is 11.2 Å². The van der Waals surface area contributed by atoms with E-state index >= 15 is 0 Å². The highest BCUT2D eigenvalue weighted by molar-refractivity contribution is 7.25. The Morgan fingerprint density at radius 2 is 1.04 bits per heavy atom. The van der Waals surface area contributed by atoms with Crippen LogP contribution in [-0.4, -0.2) is 14.5 Å². The molecule has 0 N–H and O–H groups in total. The number of hydrogen-bond acceptors (Lipinski definition) is 4. The van der Waals surface area contributed by atoms with Crippen molar-refractivity contribution in [3.63, 3.8) is 0 Å². The Labute approximate surface area is 296 Å². The smallest absolute Gasteiger partial charge is 0.235 e. The van der Waals surface area contributed by atoms with Crippen molar-refractivity contribution in [2.24, 2.45) is 0 Å². The first kappa shape index (κ1) is 28.3. The highest BCUT2D eigenvalue weighted by Gasteiger charge is 2.19. The molecule has 0 aliphatic rings. The summed E-state index contributed by atoms with van der Waals surface area (Å²) in [6.45, 7) is 0. The van der Waals surface area contributed by atoms with E-state index in [9.17, 15) is 0 Å². The summed E-state index contributed by atoms with van der Waals surface area (Å²) in [4.78, 5) is 10.7. The highest BCUT2D eigenvalue weighted by Crippen LogP contribution is 2.41. The molecular formula is C46H27N3OS. The van der Waals surface area contributed by atoms with Gasteiger partial charge in [0.25, 0.3) is 0 Å². The van der Waals surface area contributed by atoms with Crippen molar-refractivity contribution >= 4 is 75.3 Å². The molecule has 11 aromatic rings. The van der Waals surface area contributed by atoms with Gasteiger partial charge in [-0.25, -0.2) is 9.97 Å². The molecule has 51 heavy (non-hydrogen) atoms. The van der Waals surface area contributed by atoms with Crippen LogP contribution in [0.15, 0.2) is 168 Å². The van der Waals surface area contributed by atoms with Gasteiger partial charge >= 0.3 is 0 Å². The normalized spacial score (nSPS) is 11.9. The molecule has 0 saturated carbocycles. The first-order valence-corrected chi connectivity index (χ1v) is 17.9. The van der Waals surface area contributed by atoms with Gasteiger partial charge in [-0.3, -0.25) is 4.57 Å². The molecule has 0 atom stereocenters. The summed E-state index contributed by atoms with van der Waals surface area (Å²) < 4.78 is 11.1. The van der Waals surface area contributed by atoms with Crippen molar-refractivity contribution in [1.82, 2.24) is 14.5 Å². The van der Waals surface area contributed by atoms with E-state index in [2.05, 4.69) is 150 Å². The third kappa shape index (κ3) is 4.45. The lowest BCUT2D eigenvalue weighted by atomic mass is 10.0. The number of aromatic nitrogens is 3. The zero-order valence-corrected chi connectivity index (χ0v) is 28.1. The molecule has 4 aromatic heterocycles. The highest BCUT2D eigenvalue weighted by atomic mass is 32.1. The summed E-state index contributed by atoms with van der Waals surface area (Å²) in [6.07, 6.45) is 0. The maximum absolute atomic E-state index is 6.32. The summed E-state index contributed by atoms with van der Waals surface area (Å²) in [6, 6.07) is 57.7. The van der Waals surface area contributed by atoms with Crippen LogP contribution in [0, 0.1) is 0 Å². The van der Waals surface area contributed by atoms with E-state index in [0.29, 0.717) is 5.95 Å². The fourth-order valence-corrected chi connectivity index (χ4v) is 8.71. The van der Waals surface area contributed by atoms with E-state index in [1.807, 2.05) is 29.5 Å². The lowest BCUT2D eigenvalue weighted by Crippen LogP contribution is -2.04. The molecule has 0 unspecified atom stereocenters. The Balaban J connectivity index is 1.17. The van der Waals surface area contributed by atoms with Gasteiger partial charge in [-0.1, -0.05) is 115 Å². The lowest BCUT2D eigenvalue weighted by Gasteiger charge is -2.12. The van der Waals surface area contributed by atoms with E-state index in [1.54, 1.807) is 0 Å². The first-order valence-electron chi connectivity index (χ1n) is 17.1. The minimum atomic E-state index is 0.629. The second-order valence-electron chi connectivity index (χ2n) is 13.0. The second kappa shape index (κ2) is 11.0. The predicted octanol–water partition coefficient (Wildman–Crippen LogP) is 12.8. The van der Waals surface area contributed by atoms with Crippen molar-refractivity contribution in [2.45, 2.75) is 0 Å². The summed E-state index contributed by atoms with van der Waals surface area (Å²) >= 11 is 1.84. The number of furan rings is 1. The third-order valence-corrected chi connectivity index (χ3v) is 11.2. The molecule has 7 aromatic carbocycles. The van der Waals surface area contributed by atoms with E-state index in [0.717, 1.165) is 55.5 Å². The quantitative estimate of drug-likeness (QED) is 0.187. The molecule has 0 radical (unpaired) electrons. The first-order chi connectivity index (χ1) is 25.2. The average Bonchev–Trinajstić information content (AvgIpc) is 3.86. The molecule has 5 heteroatoms. The molecule has 0 aliphatic heterocycles. The molecule has 0 fully saturated rings. The fraction of sp³-hybridized carbons (Fsp3) is 0. The predicted molar refractivity (Wildman–Crippen MR) is 213 cm³/mol. The second-order valence-corrected chi connectivity index (χ2v) is 14.1. The van der Waals surface area contributed by atoms with Crippen LogP contribution in [0.25, 0.3) is 104 Å². The fourth-order valence-electron chi connectivity index (χ4n) is 7.58. The number of benzene rings is 7. The maximum atomic E-state index is 6.32.